The Balaban J connectivity index is 1.22. The maximum atomic E-state index is 14.8. The number of nitrogens with zero attached hydrogens (tertiary/aromatic N) is 2. The Labute approximate surface area is 228 Å². The van der Waals surface area contributed by atoms with Crippen molar-refractivity contribution < 1.29 is 32.3 Å². The normalized spacial score (nSPS) is 21.8. The number of fused-ring (bicyclic) bond motifs is 3. The van der Waals surface area contributed by atoms with Gasteiger partial charge in [-0.15, -0.1) is 0 Å². The molecule has 3 aromatic rings. The van der Waals surface area contributed by atoms with Crippen LogP contribution in [0.4, 0.5) is 19.3 Å². The van der Waals surface area contributed by atoms with Crippen molar-refractivity contribution in [3.05, 3.63) is 90.0 Å². The standard InChI is InChI=1S/C31H35F2N2O4/c1-37-26-6-4-7-27(20-26)38-19-5-16-35-17-14-24(15-18-35)30(22-35)39-31(36)34(29-9-3-2-8-28(29)33)21-23-10-12-25(32)13-11-23/h2-4,6-13,20,24,30H,5,14-19,21-22H2,1H3/q+1. The average molecular weight is 538 g/mol. The van der Waals surface area contributed by atoms with Crippen LogP contribution in [-0.2, 0) is 11.3 Å². The molecular weight excluding hydrogens is 502 g/mol. The minimum atomic E-state index is -0.581. The van der Waals surface area contributed by atoms with E-state index < -0.39 is 11.9 Å². The second-order valence-electron chi connectivity index (χ2n) is 10.5. The molecule has 3 fully saturated rings. The molecule has 0 aromatic heterocycles. The summed E-state index contributed by atoms with van der Waals surface area (Å²) in [5, 5.41) is 0. The smallest absolute Gasteiger partial charge is 0.415 e. The van der Waals surface area contributed by atoms with E-state index in [1.54, 1.807) is 37.4 Å². The average Bonchev–Trinajstić information content (AvgIpc) is 2.96. The zero-order valence-electron chi connectivity index (χ0n) is 22.2. The summed E-state index contributed by atoms with van der Waals surface area (Å²) in [5.41, 5.74) is 0.830. The van der Waals surface area contributed by atoms with E-state index in [-0.39, 0.29) is 24.2 Å². The third-order valence-corrected chi connectivity index (χ3v) is 8.00. The van der Waals surface area contributed by atoms with Gasteiger partial charge in [0.25, 0.3) is 0 Å². The van der Waals surface area contributed by atoms with Gasteiger partial charge in [-0.05, 0) is 42.0 Å². The Hall–Kier alpha value is -3.65. The molecule has 39 heavy (non-hydrogen) atoms. The van der Waals surface area contributed by atoms with Crippen molar-refractivity contribution in [2.75, 3.05) is 44.8 Å². The van der Waals surface area contributed by atoms with Crippen LogP contribution in [-0.4, -0.2) is 56.6 Å². The molecule has 0 N–H and O–H groups in total. The third kappa shape index (κ3) is 6.50. The summed E-state index contributed by atoms with van der Waals surface area (Å²) in [4.78, 5) is 14.8. The zero-order valence-corrected chi connectivity index (χ0v) is 22.2. The number of hydrogen-bond acceptors (Lipinski definition) is 4. The van der Waals surface area contributed by atoms with Crippen LogP contribution in [0.2, 0.25) is 0 Å². The molecule has 6 nitrogen and oxygen atoms in total. The number of methoxy groups -OCH3 is 1. The van der Waals surface area contributed by atoms with Gasteiger partial charge in [-0.2, -0.15) is 0 Å². The van der Waals surface area contributed by atoms with E-state index in [9.17, 15) is 13.6 Å². The van der Waals surface area contributed by atoms with Gasteiger partial charge in [0, 0.05) is 31.2 Å². The Morgan fingerprint density at radius 3 is 2.46 bits per heavy atom. The summed E-state index contributed by atoms with van der Waals surface area (Å²) in [5.74, 6) is 0.975. The van der Waals surface area contributed by atoms with Crippen LogP contribution in [0.25, 0.3) is 0 Å². The van der Waals surface area contributed by atoms with Crippen molar-refractivity contribution >= 4 is 11.8 Å². The molecule has 206 valence electrons. The van der Waals surface area contributed by atoms with Gasteiger partial charge in [0.15, 0.2) is 6.10 Å². The number of rotatable bonds is 10. The number of para-hydroxylation sites is 1. The second-order valence-corrected chi connectivity index (χ2v) is 10.5. The third-order valence-electron chi connectivity index (χ3n) is 8.00. The molecular formula is C31H35F2N2O4+. The molecule has 3 heterocycles. The largest absolute Gasteiger partial charge is 0.497 e. The van der Waals surface area contributed by atoms with Gasteiger partial charge in [0.05, 0.1) is 45.6 Å². The zero-order chi connectivity index (χ0) is 27.2. The molecule has 0 spiro atoms. The highest BCUT2D eigenvalue weighted by Gasteiger charge is 2.47. The number of amides is 1. The van der Waals surface area contributed by atoms with Crippen LogP contribution >= 0.6 is 0 Å². The van der Waals surface area contributed by atoms with E-state index in [1.165, 1.54) is 23.1 Å². The minimum absolute atomic E-state index is 0.0824. The van der Waals surface area contributed by atoms with Gasteiger partial charge in [-0.3, -0.25) is 4.90 Å². The highest BCUT2D eigenvalue weighted by molar-refractivity contribution is 5.87. The number of anilines is 1. The van der Waals surface area contributed by atoms with E-state index in [0.717, 1.165) is 61.4 Å². The molecule has 6 rings (SSSR count). The van der Waals surface area contributed by atoms with Crippen molar-refractivity contribution in [1.82, 2.24) is 0 Å². The van der Waals surface area contributed by atoms with Crippen LogP contribution in [0.5, 0.6) is 11.5 Å². The SMILES string of the molecule is COc1cccc(OCCC[N+]23CCC(CC2)C(OC(=O)N(Cc2ccc(F)cc2)c2ccccc2F)C3)c1. The fourth-order valence-corrected chi connectivity index (χ4v) is 5.83. The van der Waals surface area contributed by atoms with Crippen molar-refractivity contribution in [2.45, 2.75) is 31.9 Å². The molecule has 0 radical (unpaired) electrons. The monoisotopic (exact) mass is 537 g/mol. The number of carbonyl (C=O) groups is 1. The molecule has 1 amide bonds. The lowest BCUT2D eigenvalue weighted by Gasteiger charge is -2.52. The number of benzene rings is 3. The fraction of sp³-hybridized carbons (Fsp3) is 0.387. The number of quaternary nitrogens is 1. The predicted octanol–water partition coefficient (Wildman–Crippen LogP) is 6.19. The molecule has 0 aliphatic carbocycles. The Morgan fingerprint density at radius 1 is 0.974 bits per heavy atom. The molecule has 3 saturated heterocycles. The van der Waals surface area contributed by atoms with E-state index in [2.05, 4.69) is 0 Å². The Morgan fingerprint density at radius 2 is 1.72 bits per heavy atom. The maximum absolute atomic E-state index is 14.8. The van der Waals surface area contributed by atoms with Crippen LogP contribution in [0.3, 0.4) is 0 Å². The van der Waals surface area contributed by atoms with Crippen LogP contribution in [0, 0.1) is 17.6 Å². The minimum Gasteiger partial charge on any atom is -0.497 e. The predicted molar refractivity (Wildman–Crippen MR) is 145 cm³/mol. The number of piperidine rings is 3. The number of carbonyl (C=O) groups excluding carboxylic acids is 1. The van der Waals surface area contributed by atoms with Crippen LogP contribution in [0.1, 0.15) is 24.8 Å². The number of halogens is 2. The molecule has 3 aliphatic rings. The van der Waals surface area contributed by atoms with Crippen LogP contribution in [0.15, 0.2) is 72.8 Å². The van der Waals surface area contributed by atoms with E-state index in [4.69, 9.17) is 14.2 Å². The lowest BCUT2D eigenvalue weighted by Crippen LogP contribution is -2.65. The molecule has 3 aromatic carbocycles. The molecule has 8 heteroatoms. The first-order chi connectivity index (χ1) is 18.9. The Bertz CT molecular complexity index is 1260. The van der Waals surface area contributed by atoms with Crippen molar-refractivity contribution in [3.63, 3.8) is 0 Å². The van der Waals surface area contributed by atoms with E-state index in [1.807, 2.05) is 24.3 Å². The van der Waals surface area contributed by atoms with Crippen molar-refractivity contribution in [3.8, 4) is 11.5 Å². The molecule has 1 unspecified atom stereocenters. The lowest BCUT2D eigenvalue weighted by atomic mass is 9.83. The summed E-state index contributed by atoms with van der Waals surface area (Å²) in [6.07, 6.45) is 2.05. The summed E-state index contributed by atoms with van der Waals surface area (Å²) in [7, 11) is 1.64. The van der Waals surface area contributed by atoms with Gasteiger partial charge in [0.1, 0.15) is 29.7 Å². The summed E-state index contributed by atoms with van der Waals surface area (Å²) < 4.78 is 46.4. The molecule has 3 aliphatic heterocycles. The van der Waals surface area contributed by atoms with Crippen molar-refractivity contribution in [2.24, 2.45) is 5.92 Å². The van der Waals surface area contributed by atoms with Gasteiger partial charge in [-0.25, -0.2) is 13.6 Å². The first kappa shape index (κ1) is 26.9. The topological polar surface area (TPSA) is 48.0 Å². The summed E-state index contributed by atoms with van der Waals surface area (Å²) in [6, 6.07) is 19.6. The lowest BCUT2D eigenvalue weighted by molar-refractivity contribution is -0.946. The van der Waals surface area contributed by atoms with Crippen LogP contribution < -0.4 is 14.4 Å². The first-order valence-electron chi connectivity index (χ1n) is 13.5. The van der Waals surface area contributed by atoms with Gasteiger partial charge in [0.2, 0.25) is 0 Å². The summed E-state index contributed by atoms with van der Waals surface area (Å²) >= 11 is 0. The molecule has 1 atom stereocenters. The fourth-order valence-electron chi connectivity index (χ4n) is 5.83. The maximum Gasteiger partial charge on any atom is 0.415 e. The Kier molecular flexibility index (Phi) is 8.31. The van der Waals surface area contributed by atoms with Gasteiger partial charge in [-0.1, -0.05) is 30.3 Å². The highest BCUT2D eigenvalue weighted by atomic mass is 19.1. The molecule has 0 saturated carbocycles. The number of hydrogen-bond donors (Lipinski definition) is 0. The van der Waals surface area contributed by atoms with E-state index in [0.29, 0.717) is 18.1 Å². The quantitative estimate of drug-likeness (QED) is 0.228. The van der Waals surface area contributed by atoms with Crippen molar-refractivity contribution in [1.29, 1.82) is 0 Å². The van der Waals surface area contributed by atoms with Gasteiger partial charge < -0.3 is 18.7 Å². The van der Waals surface area contributed by atoms with Gasteiger partial charge >= 0.3 is 6.09 Å². The molecule has 2 bridgehead atoms. The second kappa shape index (κ2) is 12.0. The van der Waals surface area contributed by atoms with E-state index >= 15 is 0 Å². The number of ether oxygens (including phenoxy) is 3. The highest BCUT2D eigenvalue weighted by Crippen LogP contribution is 2.36. The first-order valence-corrected chi connectivity index (χ1v) is 13.5. The summed E-state index contributed by atoms with van der Waals surface area (Å²) in [6.45, 7) is 4.49.